The molecule has 0 nitrogen and oxygen atoms in total. The molecule has 0 radical (unpaired) electrons. The molecule has 0 heterocycles. The molecule has 0 aromatic heterocycles. The molecule has 0 aliphatic heterocycles. The second-order valence-electron chi connectivity index (χ2n) is 2.69. The van der Waals surface area contributed by atoms with Crippen molar-refractivity contribution >= 4 is 11.6 Å². The molecule has 0 saturated heterocycles. The largest absolute Gasteiger partial charge is 0.0840 e. The Balaban J connectivity index is 0.000000561. The zero-order valence-corrected chi connectivity index (χ0v) is 9.29. The van der Waals surface area contributed by atoms with Gasteiger partial charge in [-0.05, 0) is 43.5 Å². The highest BCUT2D eigenvalue weighted by atomic mass is 35.5. The Kier molecular flexibility index (Phi) is 5.00. The maximum atomic E-state index is 5.89. The molecule has 0 N–H and O–H groups in total. The van der Waals surface area contributed by atoms with Crippen LogP contribution >= 0.6 is 11.6 Å². The van der Waals surface area contributed by atoms with Gasteiger partial charge in [0.05, 0.1) is 0 Å². The van der Waals surface area contributed by atoms with E-state index in [1.54, 1.807) is 0 Å². The predicted octanol–water partition coefficient (Wildman–Crippen LogP) is 4.29. The fourth-order valence-electron chi connectivity index (χ4n) is 0.925. The number of halogens is 1. The molecule has 12 heavy (non-hydrogen) atoms. The van der Waals surface area contributed by atoms with Crippen LogP contribution in [-0.2, 0) is 0 Å². The summed E-state index contributed by atoms with van der Waals surface area (Å²) in [5, 5.41) is 0.864. The van der Waals surface area contributed by atoms with Crippen LogP contribution in [0.4, 0.5) is 0 Å². The molecule has 0 fully saturated rings. The normalized spacial score (nSPS) is 8.83. The molecule has 1 aromatic carbocycles. The van der Waals surface area contributed by atoms with E-state index >= 15 is 0 Å². The van der Waals surface area contributed by atoms with Gasteiger partial charge >= 0.3 is 0 Å². The van der Waals surface area contributed by atoms with Crippen LogP contribution in [0.15, 0.2) is 12.1 Å². The van der Waals surface area contributed by atoms with E-state index in [2.05, 4.69) is 19.9 Å². The summed E-state index contributed by atoms with van der Waals surface area (Å²) in [6.45, 7) is 10.2. The standard InChI is InChI=1S/C9H11Cl.C2H6/c1-6-4-8(3)9(10)5-7(6)2;1-2/h4-5H,1-3H3;1-2H3. The van der Waals surface area contributed by atoms with Gasteiger partial charge in [-0.25, -0.2) is 0 Å². The quantitative estimate of drug-likeness (QED) is 0.564. The fourth-order valence-corrected chi connectivity index (χ4v) is 1.14. The molecule has 0 atom stereocenters. The Morgan fingerprint density at radius 1 is 0.833 bits per heavy atom. The highest BCUT2D eigenvalue weighted by Gasteiger charge is 1.97. The first kappa shape index (κ1) is 11.5. The van der Waals surface area contributed by atoms with E-state index < -0.39 is 0 Å². The zero-order chi connectivity index (χ0) is 9.72. The van der Waals surface area contributed by atoms with Gasteiger partial charge in [-0.15, -0.1) is 0 Å². The van der Waals surface area contributed by atoms with Crippen molar-refractivity contribution in [2.75, 3.05) is 0 Å². The number of benzene rings is 1. The summed E-state index contributed by atoms with van der Waals surface area (Å²) >= 11 is 5.89. The second kappa shape index (κ2) is 5.21. The van der Waals surface area contributed by atoms with E-state index in [1.165, 1.54) is 11.1 Å². The van der Waals surface area contributed by atoms with Gasteiger partial charge in [-0.3, -0.25) is 0 Å². The molecular weight excluding hydrogens is 168 g/mol. The minimum atomic E-state index is 0.864. The smallest absolute Gasteiger partial charge is 0.0438 e. The lowest BCUT2D eigenvalue weighted by Gasteiger charge is -2.02. The van der Waals surface area contributed by atoms with Crippen molar-refractivity contribution in [3.8, 4) is 0 Å². The monoisotopic (exact) mass is 184 g/mol. The Morgan fingerprint density at radius 2 is 1.25 bits per heavy atom. The Bertz CT molecular complexity index is 201. The van der Waals surface area contributed by atoms with Gasteiger partial charge in [0.15, 0.2) is 0 Å². The number of aryl methyl sites for hydroxylation is 3. The number of hydrogen-bond donors (Lipinski definition) is 0. The average Bonchev–Trinajstić information content (AvgIpc) is 2.05. The first-order chi connectivity index (χ1) is 5.61. The molecule has 1 heteroatoms. The Morgan fingerprint density at radius 3 is 1.67 bits per heavy atom. The van der Waals surface area contributed by atoms with E-state index in [0.717, 1.165) is 10.6 Å². The van der Waals surface area contributed by atoms with Crippen LogP contribution in [0.1, 0.15) is 30.5 Å². The van der Waals surface area contributed by atoms with Crippen LogP contribution < -0.4 is 0 Å². The third kappa shape index (κ3) is 2.86. The van der Waals surface area contributed by atoms with Crippen molar-refractivity contribution in [2.24, 2.45) is 0 Å². The minimum Gasteiger partial charge on any atom is -0.0840 e. The summed E-state index contributed by atoms with van der Waals surface area (Å²) in [5.41, 5.74) is 3.72. The maximum Gasteiger partial charge on any atom is 0.0438 e. The molecule has 0 spiro atoms. The molecule has 0 bridgehead atoms. The fraction of sp³-hybridized carbons (Fsp3) is 0.455. The topological polar surface area (TPSA) is 0 Å². The summed E-state index contributed by atoms with van der Waals surface area (Å²) in [6, 6.07) is 4.11. The summed E-state index contributed by atoms with van der Waals surface area (Å²) in [7, 11) is 0. The maximum absolute atomic E-state index is 5.89. The zero-order valence-electron chi connectivity index (χ0n) is 8.53. The van der Waals surface area contributed by atoms with Crippen LogP contribution in [0, 0.1) is 20.8 Å². The summed E-state index contributed by atoms with van der Waals surface area (Å²) in [5.74, 6) is 0. The van der Waals surface area contributed by atoms with E-state index in [4.69, 9.17) is 11.6 Å². The molecule has 0 amide bonds. The van der Waals surface area contributed by atoms with Gasteiger partial charge in [0.25, 0.3) is 0 Å². The molecule has 68 valence electrons. The van der Waals surface area contributed by atoms with Crippen molar-refractivity contribution < 1.29 is 0 Å². The molecular formula is C11H17Cl. The predicted molar refractivity (Wildman–Crippen MR) is 57.0 cm³/mol. The van der Waals surface area contributed by atoms with Crippen molar-refractivity contribution in [1.82, 2.24) is 0 Å². The summed E-state index contributed by atoms with van der Waals surface area (Å²) < 4.78 is 0. The van der Waals surface area contributed by atoms with E-state index in [9.17, 15) is 0 Å². The van der Waals surface area contributed by atoms with Crippen LogP contribution in [0.25, 0.3) is 0 Å². The third-order valence-corrected chi connectivity index (χ3v) is 2.18. The highest BCUT2D eigenvalue weighted by Crippen LogP contribution is 2.19. The van der Waals surface area contributed by atoms with Gasteiger partial charge in [0.2, 0.25) is 0 Å². The summed E-state index contributed by atoms with van der Waals surface area (Å²) in [4.78, 5) is 0. The molecule has 1 rings (SSSR count). The molecule has 0 saturated carbocycles. The Hall–Kier alpha value is -0.490. The summed E-state index contributed by atoms with van der Waals surface area (Å²) in [6.07, 6.45) is 0. The van der Waals surface area contributed by atoms with E-state index in [0.29, 0.717) is 0 Å². The molecule has 0 aliphatic rings. The van der Waals surface area contributed by atoms with Crippen molar-refractivity contribution in [2.45, 2.75) is 34.6 Å². The number of rotatable bonds is 0. The Labute approximate surface area is 80.6 Å². The highest BCUT2D eigenvalue weighted by molar-refractivity contribution is 6.31. The van der Waals surface area contributed by atoms with Crippen molar-refractivity contribution in [3.63, 3.8) is 0 Å². The SMILES string of the molecule is CC.Cc1cc(C)c(Cl)cc1C. The van der Waals surface area contributed by atoms with Gasteiger partial charge in [0, 0.05) is 5.02 Å². The lowest BCUT2D eigenvalue weighted by atomic mass is 10.1. The van der Waals surface area contributed by atoms with Crippen LogP contribution in [0.2, 0.25) is 5.02 Å². The first-order valence-electron chi connectivity index (χ1n) is 4.34. The molecule has 1 aromatic rings. The van der Waals surface area contributed by atoms with Crippen molar-refractivity contribution in [1.29, 1.82) is 0 Å². The minimum absolute atomic E-state index is 0.864. The van der Waals surface area contributed by atoms with E-state index in [1.807, 2.05) is 26.8 Å². The van der Waals surface area contributed by atoms with Gasteiger partial charge in [-0.1, -0.05) is 31.5 Å². The van der Waals surface area contributed by atoms with Crippen molar-refractivity contribution in [3.05, 3.63) is 33.8 Å². The lowest BCUT2D eigenvalue weighted by Crippen LogP contribution is -1.82. The lowest BCUT2D eigenvalue weighted by molar-refractivity contribution is 1.30. The first-order valence-corrected chi connectivity index (χ1v) is 4.72. The van der Waals surface area contributed by atoms with Gasteiger partial charge in [0.1, 0.15) is 0 Å². The van der Waals surface area contributed by atoms with E-state index in [-0.39, 0.29) is 0 Å². The molecule has 0 unspecified atom stereocenters. The second-order valence-corrected chi connectivity index (χ2v) is 3.09. The third-order valence-electron chi connectivity index (χ3n) is 1.77. The van der Waals surface area contributed by atoms with Crippen LogP contribution in [0.3, 0.4) is 0 Å². The van der Waals surface area contributed by atoms with Crippen LogP contribution in [-0.4, -0.2) is 0 Å². The van der Waals surface area contributed by atoms with Gasteiger partial charge in [-0.2, -0.15) is 0 Å². The van der Waals surface area contributed by atoms with Gasteiger partial charge < -0.3 is 0 Å². The average molecular weight is 185 g/mol. The number of hydrogen-bond acceptors (Lipinski definition) is 0. The van der Waals surface area contributed by atoms with Crippen LogP contribution in [0.5, 0.6) is 0 Å². The molecule has 0 aliphatic carbocycles.